The number of benzene rings is 1. The number of nitrogens with zero attached hydrogens (tertiary/aromatic N) is 2. The lowest BCUT2D eigenvalue weighted by atomic mass is 10.0. The van der Waals surface area contributed by atoms with Gasteiger partial charge in [-0.05, 0) is 55.7 Å². The van der Waals surface area contributed by atoms with Crippen LogP contribution in [0.3, 0.4) is 0 Å². The molecule has 7 nitrogen and oxygen atoms in total. The highest BCUT2D eigenvalue weighted by Gasteiger charge is 2.21. The Balaban J connectivity index is 2.11. The predicted molar refractivity (Wildman–Crippen MR) is 104 cm³/mol. The zero-order valence-electron chi connectivity index (χ0n) is 15.3. The summed E-state index contributed by atoms with van der Waals surface area (Å²) in [6.07, 6.45) is 4.50. The van der Waals surface area contributed by atoms with E-state index in [1.165, 1.54) is 4.57 Å². The van der Waals surface area contributed by atoms with Crippen molar-refractivity contribution in [2.45, 2.75) is 32.9 Å². The van der Waals surface area contributed by atoms with E-state index < -0.39 is 22.6 Å². The van der Waals surface area contributed by atoms with Crippen molar-refractivity contribution in [2.24, 2.45) is 0 Å². The number of rotatable bonds is 4. The number of fused-ring (bicyclic) bond motifs is 1. The van der Waals surface area contributed by atoms with Gasteiger partial charge in [-0.1, -0.05) is 12.1 Å². The maximum atomic E-state index is 12.7. The van der Waals surface area contributed by atoms with Gasteiger partial charge in [-0.2, -0.15) is 0 Å². The molecule has 8 heteroatoms. The largest absolute Gasteiger partial charge is 0.443 e. The van der Waals surface area contributed by atoms with E-state index in [-0.39, 0.29) is 6.54 Å². The molecule has 1 aromatic carbocycles. The molecule has 0 saturated carbocycles. The van der Waals surface area contributed by atoms with Crippen molar-refractivity contribution in [3.63, 3.8) is 0 Å². The monoisotopic (exact) mass is 387 g/mol. The third-order valence-corrected chi connectivity index (χ3v) is 4.31. The van der Waals surface area contributed by atoms with Gasteiger partial charge in [-0.3, -0.25) is 9.55 Å². The van der Waals surface area contributed by atoms with Gasteiger partial charge < -0.3 is 4.74 Å². The number of ether oxygens (including phenoxy) is 1. The van der Waals surface area contributed by atoms with E-state index in [1.807, 2.05) is 30.3 Å². The van der Waals surface area contributed by atoms with Crippen molar-refractivity contribution in [2.75, 3.05) is 0 Å². The average molecular weight is 387 g/mol. The maximum absolute atomic E-state index is 12.7. The number of hydrogen-bond acceptors (Lipinski definition) is 5. The summed E-state index contributed by atoms with van der Waals surface area (Å²) in [5.41, 5.74) is 2.58. The van der Waals surface area contributed by atoms with Crippen molar-refractivity contribution in [3.8, 4) is 11.1 Å². The zero-order valence-corrected chi connectivity index (χ0v) is 16.2. The topological polar surface area (TPSA) is 90.3 Å². The predicted octanol–water partition coefficient (Wildman–Crippen LogP) is 3.10. The van der Waals surface area contributed by atoms with E-state index in [2.05, 4.69) is 9.71 Å². The van der Waals surface area contributed by atoms with Gasteiger partial charge in [0, 0.05) is 30.5 Å². The molecular weight excluding hydrogens is 366 g/mol. The Morgan fingerprint density at radius 3 is 2.48 bits per heavy atom. The molecule has 0 radical (unpaired) electrons. The second-order valence-electron chi connectivity index (χ2n) is 7.06. The Labute approximate surface area is 159 Å². The number of carbonyl (C=O) groups is 1. The van der Waals surface area contributed by atoms with Gasteiger partial charge in [0.2, 0.25) is 10.9 Å². The fourth-order valence-electron chi connectivity index (χ4n) is 2.77. The lowest BCUT2D eigenvalue weighted by Gasteiger charge is -2.19. The smallest absolute Gasteiger partial charge is 0.419 e. The standard InChI is InChI=1S/C19H21N3O4S/c1-19(2,3)26-18(23)22-12-15(11-21-27(24)25)16-5-4-14(10-17(16)22)13-6-8-20-9-7-13/h4-10,12,27H,11H2,1-3H3,(H,21,24,25). The highest BCUT2D eigenvalue weighted by molar-refractivity contribution is 7.70. The molecule has 1 N–H and O–H groups in total. The molecule has 142 valence electrons. The van der Waals surface area contributed by atoms with E-state index in [4.69, 9.17) is 4.74 Å². The second kappa shape index (κ2) is 7.50. The van der Waals surface area contributed by atoms with Crippen LogP contribution in [0, 0.1) is 0 Å². The van der Waals surface area contributed by atoms with Gasteiger partial charge in [-0.25, -0.2) is 17.9 Å². The molecule has 3 rings (SSSR count). The molecule has 2 heterocycles. The minimum absolute atomic E-state index is 0.0968. The van der Waals surface area contributed by atoms with E-state index in [0.717, 1.165) is 16.5 Å². The van der Waals surface area contributed by atoms with Gasteiger partial charge in [-0.15, -0.1) is 0 Å². The Morgan fingerprint density at radius 1 is 1.15 bits per heavy atom. The number of thiol groups is 1. The van der Waals surface area contributed by atoms with Crippen LogP contribution in [0.15, 0.2) is 48.9 Å². The fourth-order valence-corrected chi connectivity index (χ4v) is 3.07. The number of hydrogen-bond donors (Lipinski definition) is 2. The second-order valence-corrected chi connectivity index (χ2v) is 7.89. The molecular formula is C19H21N3O4S. The first-order valence-corrected chi connectivity index (χ1v) is 9.58. The molecule has 27 heavy (non-hydrogen) atoms. The lowest BCUT2D eigenvalue weighted by molar-refractivity contribution is 0.0544. The van der Waals surface area contributed by atoms with Crippen molar-refractivity contribution in [3.05, 3.63) is 54.5 Å². The molecule has 0 aliphatic carbocycles. The van der Waals surface area contributed by atoms with Gasteiger partial charge in [0.05, 0.1) is 5.52 Å². The first-order valence-electron chi connectivity index (χ1n) is 8.40. The Morgan fingerprint density at radius 2 is 1.85 bits per heavy atom. The summed E-state index contributed by atoms with van der Waals surface area (Å²) in [4.78, 5) is 16.7. The van der Waals surface area contributed by atoms with Crippen LogP contribution < -0.4 is 4.72 Å². The third-order valence-electron chi connectivity index (χ3n) is 3.89. The number of pyridine rings is 1. The Kier molecular flexibility index (Phi) is 5.29. The van der Waals surface area contributed by atoms with Gasteiger partial charge in [0.25, 0.3) is 0 Å². The first kappa shape index (κ1) is 19.1. The zero-order chi connectivity index (χ0) is 19.6. The summed E-state index contributed by atoms with van der Waals surface area (Å²) in [7, 11) is -2.73. The van der Waals surface area contributed by atoms with Crippen LogP contribution in [0.25, 0.3) is 22.0 Å². The summed E-state index contributed by atoms with van der Waals surface area (Å²) in [5, 5.41) is 0.781. The molecule has 0 saturated heterocycles. The normalized spacial score (nSPS) is 11.9. The van der Waals surface area contributed by atoms with Crippen molar-refractivity contribution in [1.82, 2.24) is 14.3 Å². The molecule has 2 aromatic heterocycles. The fraction of sp³-hybridized carbons (Fsp3) is 0.263. The van der Waals surface area contributed by atoms with Crippen LogP contribution in [0.1, 0.15) is 26.3 Å². The molecule has 0 fully saturated rings. The Bertz CT molecular complexity index is 1040. The van der Waals surface area contributed by atoms with Crippen molar-refractivity contribution < 1.29 is 17.9 Å². The summed E-state index contributed by atoms with van der Waals surface area (Å²) < 4.78 is 31.1. The van der Waals surface area contributed by atoms with E-state index in [0.29, 0.717) is 11.1 Å². The van der Waals surface area contributed by atoms with E-state index in [9.17, 15) is 13.2 Å². The number of nitrogens with one attached hydrogen (secondary N) is 1. The summed E-state index contributed by atoms with van der Waals surface area (Å²) >= 11 is 0. The first-order chi connectivity index (χ1) is 12.7. The van der Waals surface area contributed by atoms with Crippen LogP contribution in [-0.4, -0.2) is 29.7 Å². The van der Waals surface area contributed by atoms with Crippen LogP contribution >= 0.6 is 0 Å². The molecule has 0 bridgehead atoms. The van der Waals surface area contributed by atoms with Crippen LogP contribution in [0.5, 0.6) is 0 Å². The average Bonchev–Trinajstić information content (AvgIpc) is 2.97. The lowest BCUT2D eigenvalue weighted by Crippen LogP contribution is -2.26. The van der Waals surface area contributed by atoms with Gasteiger partial charge in [0.1, 0.15) is 5.60 Å². The molecule has 0 amide bonds. The Hall–Kier alpha value is -2.71. The molecule has 0 spiro atoms. The van der Waals surface area contributed by atoms with Crippen LogP contribution in [0.4, 0.5) is 4.79 Å². The minimum atomic E-state index is -2.73. The van der Waals surface area contributed by atoms with Crippen molar-refractivity contribution >= 4 is 27.9 Å². The molecule has 0 unspecified atom stereocenters. The molecule has 0 atom stereocenters. The number of carbonyl (C=O) groups excluding carboxylic acids is 1. The third kappa shape index (κ3) is 4.53. The minimum Gasteiger partial charge on any atom is -0.443 e. The van der Waals surface area contributed by atoms with Crippen molar-refractivity contribution in [1.29, 1.82) is 0 Å². The van der Waals surface area contributed by atoms with E-state index in [1.54, 1.807) is 39.4 Å². The SMILES string of the molecule is CC(C)(C)OC(=O)n1cc(CN[SH](=O)=O)c2ccc(-c3ccncc3)cc21. The summed E-state index contributed by atoms with van der Waals surface area (Å²) in [6, 6.07) is 9.45. The van der Waals surface area contributed by atoms with Crippen LogP contribution in [0.2, 0.25) is 0 Å². The highest BCUT2D eigenvalue weighted by atomic mass is 32.2. The summed E-state index contributed by atoms with van der Waals surface area (Å²) in [6.45, 7) is 5.48. The number of aromatic nitrogens is 2. The molecule has 0 aliphatic heterocycles. The highest BCUT2D eigenvalue weighted by Crippen LogP contribution is 2.28. The van der Waals surface area contributed by atoms with Gasteiger partial charge in [0.15, 0.2) is 0 Å². The van der Waals surface area contributed by atoms with Crippen LogP contribution in [-0.2, 0) is 22.2 Å². The molecule has 3 aromatic rings. The summed E-state index contributed by atoms with van der Waals surface area (Å²) in [5.74, 6) is 0. The van der Waals surface area contributed by atoms with E-state index >= 15 is 0 Å². The van der Waals surface area contributed by atoms with Gasteiger partial charge >= 0.3 is 6.09 Å². The quantitative estimate of drug-likeness (QED) is 0.672. The maximum Gasteiger partial charge on any atom is 0.419 e. The molecule has 0 aliphatic rings.